The highest BCUT2D eigenvalue weighted by molar-refractivity contribution is 7.13. The molecule has 9 heterocycles. The number of carbonyl (C=O) groups excluding carboxylic acids is 5. The summed E-state index contributed by atoms with van der Waals surface area (Å²) in [6.45, 7) is 13.2. The van der Waals surface area contributed by atoms with Gasteiger partial charge in [-0.15, -0.1) is 17.8 Å². The Hall–Kier alpha value is -7.98. The molecule has 2 bridgehead atoms. The molecular formula is C71H83F3N12O8S. The number of phenols is 1. The van der Waals surface area contributed by atoms with E-state index >= 15 is 8.78 Å². The van der Waals surface area contributed by atoms with Crippen molar-refractivity contribution in [3.8, 4) is 45.8 Å². The predicted molar refractivity (Wildman–Crippen MR) is 354 cm³/mol. The first-order valence-corrected chi connectivity index (χ1v) is 34.4. The third-order valence-electron chi connectivity index (χ3n) is 21.1. The molecule has 0 radical (unpaired) electrons. The molecule has 2 unspecified atom stereocenters. The van der Waals surface area contributed by atoms with Crippen LogP contribution in [0, 0.1) is 47.6 Å². The second kappa shape index (κ2) is 26.6. The number of hydrogen-bond donors (Lipinski definition) is 5. The van der Waals surface area contributed by atoms with E-state index in [1.54, 1.807) is 26.3 Å². The van der Waals surface area contributed by atoms with Crippen LogP contribution in [0.15, 0.2) is 60.2 Å². The zero-order valence-electron chi connectivity index (χ0n) is 54.3. The molecule has 1 saturated carbocycles. The van der Waals surface area contributed by atoms with Crippen molar-refractivity contribution in [3.05, 3.63) is 88.7 Å². The maximum absolute atomic E-state index is 17.1. The minimum atomic E-state index is -2.02. The van der Waals surface area contributed by atoms with Gasteiger partial charge < -0.3 is 55.4 Å². The molecule has 1 aliphatic carbocycles. The number of ether oxygens (including phenoxy) is 1. The summed E-state index contributed by atoms with van der Waals surface area (Å²) in [5, 5.41) is 32.1. The first-order chi connectivity index (χ1) is 45.5. The number of aliphatic hydroxyl groups is 1. The van der Waals surface area contributed by atoms with Crippen LogP contribution in [0.1, 0.15) is 127 Å². The van der Waals surface area contributed by atoms with Crippen molar-refractivity contribution in [2.75, 3.05) is 77.0 Å². The van der Waals surface area contributed by atoms with Crippen LogP contribution in [0.5, 0.6) is 11.8 Å². The number of hydrogen-bond acceptors (Lipinski definition) is 16. The van der Waals surface area contributed by atoms with Crippen molar-refractivity contribution in [2.24, 2.45) is 16.7 Å². The average molecular weight is 1320 g/mol. The van der Waals surface area contributed by atoms with E-state index in [1.807, 2.05) is 41.0 Å². The van der Waals surface area contributed by atoms with Gasteiger partial charge in [0.25, 0.3) is 5.91 Å². The van der Waals surface area contributed by atoms with E-state index in [2.05, 4.69) is 46.6 Å². The number of amides is 5. The van der Waals surface area contributed by atoms with Gasteiger partial charge in [-0.3, -0.25) is 29.0 Å². The van der Waals surface area contributed by atoms with Gasteiger partial charge in [-0.05, 0) is 136 Å². The standard InChI is InChI=1S/C71H83F3N12O8S/c1-6-50-53(72)15-12-45-32-48(87)33-51(57(45)50)59-58(73)60-52(36-75-59)63(85-37-46-13-14-47(38-85)77-46)81-68(79-60)94-31-7-24-82-25-16-44(17-26-82)65(91)84-29-22-70(23-30-84)20-27-83(28-21-70)56(89)35-54(42-8-10-43(11-9-42)61-41(2)76-40-95-61)78-64(90)55-34-49(88)39-86(55)66(92)62(69(3,4)5)80-67(93)71(74)18-19-71/h1,8-12,15,32-33,36,40,44,46-47,49,54-55,62,77,87-88H,7,13-14,16-31,34-35,37-39H2,2-5H3,(H,78,90)(H,80,93)/t46?,47?,49-,54+,55+,62-/m1/s1. The van der Waals surface area contributed by atoms with Gasteiger partial charge in [0.2, 0.25) is 23.6 Å². The molecule has 24 heteroatoms. The summed E-state index contributed by atoms with van der Waals surface area (Å²) >= 11 is 1.52. The third kappa shape index (κ3) is 13.6. The SMILES string of the molecule is C#Cc1c(F)ccc2cc(O)cc(-c3ncc4c(N5CC6CCC(C5)N6)nc(OCCCN5CCC(C(=O)N6CCC7(CCN(C(=O)C[C@H](NC(=O)[C@@H]8C[C@@H](O)CN8C(=O)[C@@H](NC(=O)C8(F)CC8)C(C)(C)C)c8ccc(-c9scnc9C)cc8)CC7)CC6)CC5)nc4c3F)c12. The summed E-state index contributed by atoms with van der Waals surface area (Å²) in [6, 6.07) is 10.6. The summed E-state index contributed by atoms with van der Waals surface area (Å²) < 4.78 is 53.4. The Labute approximate surface area is 554 Å². The van der Waals surface area contributed by atoms with Crippen molar-refractivity contribution < 1.29 is 52.1 Å². The quantitative estimate of drug-likeness (QED) is 0.0428. The minimum absolute atomic E-state index is 0.0140. The number of pyridine rings is 1. The number of terminal acetylenes is 1. The van der Waals surface area contributed by atoms with Crippen LogP contribution in [-0.2, 0) is 24.0 Å². The number of anilines is 1. The molecule has 3 aromatic carbocycles. The molecule has 5 amide bonds. The van der Waals surface area contributed by atoms with Crippen LogP contribution in [0.3, 0.4) is 0 Å². The van der Waals surface area contributed by atoms with E-state index < -0.39 is 64.7 Å². The van der Waals surface area contributed by atoms with Crippen molar-refractivity contribution >= 4 is 68.4 Å². The molecular weight excluding hydrogens is 1240 g/mol. The monoisotopic (exact) mass is 1320 g/mol. The van der Waals surface area contributed by atoms with Gasteiger partial charge in [0.05, 0.1) is 52.2 Å². The Morgan fingerprint density at radius 3 is 2.22 bits per heavy atom. The fraction of sp³-hybridized carbons (Fsp3) is 0.535. The number of piperazine rings is 1. The molecule has 5 N–H and O–H groups in total. The number of β-amino-alcohol motifs (C(OH)–C–C–N with tert-alkyl or cyclic N) is 1. The van der Waals surface area contributed by atoms with Crippen LogP contribution in [-0.4, -0.2) is 187 Å². The number of aliphatic hydroxyl groups excluding tert-OH is 1. The fourth-order valence-corrected chi connectivity index (χ4v) is 16.1. The lowest BCUT2D eigenvalue weighted by molar-refractivity contribution is -0.145. The van der Waals surface area contributed by atoms with E-state index in [9.17, 15) is 38.6 Å². The van der Waals surface area contributed by atoms with Crippen molar-refractivity contribution in [2.45, 2.75) is 153 Å². The van der Waals surface area contributed by atoms with E-state index in [0.717, 1.165) is 80.6 Å². The summed E-state index contributed by atoms with van der Waals surface area (Å²) in [6.07, 6.45) is 13.7. The molecule has 20 nitrogen and oxygen atoms in total. The lowest BCUT2D eigenvalue weighted by Crippen LogP contribution is -2.59. The molecule has 3 aromatic heterocycles. The topological polar surface area (TPSA) is 239 Å². The van der Waals surface area contributed by atoms with Gasteiger partial charge in [0.15, 0.2) is 11.5 Å². The Balaban J connectivity index is 0.602. The summed E-state index contributed by atoms with van der Waals surface area (Å²) in [5.41, 5.74) is 1.30. The van der Waals surface area contributed by atoms with Gasteiger partial charge in [-0.2, -0.15) is 9.97 Å². The highest BCUT2D eigenvalue weighted by Gasteiger charge is 2.54. The number of nitrogens with one attached hydrogen (secondary N) is 3. The Morgan fingerprint density at radius 2 is 1.57 bits per heavy atom. The van der Waals surface area contributed by atoms with Crippen LogP contribution in [0.2, 0.25) is 0 Å². The molecule has 6 saturated heterocycles. The number of alkyl halides is 1. The zero-order valence-corrected chi connectivity index (χ0v) is 55.1. The highest BCUT2D eigenvalue weighted by Crippen LogP contribution is 2.45. The van der Waals surface area contributed by atoms with Crippen molar-refractivity contribution in [1.29, 1.82) is 0 Å². The maximum atomic E-state index is 17.1. The summed E-state index contributed by atoms with van der Waals surface area (Å²) in [4.78, 5) is 99.4. The number of nitrogens with zero attached hydrogens (tertiary/aromatic N) is 9. The number of phenolic OH excluding ortho intramolecular Hbond substituents is 1. The fourth-order valence-electron chi connectivity index (χ4n) is 15.3. The Kier molecular flexibility index (Phi) is 18.4. The molecule has 13 rings (SSSR count). The first kappa shape index (κ1) is 65.7. The zero-order chi connectivity index (χ0) is 66.7. The first-order valence-electron chi connectivity index (χ1n) is 33.5. The van der Waals surface area contributed by atoms with E-state index in [1.165, 1.54) is 46.7 Å². The number of benzene rings is 3. The van der Waals surface area contributed by atoms with E-state index in [0.29, 0.717) is 74.4 Å². The lowest BCUT2D eigenvalue weighted by Gasteiger charge is -2.47. The number of aromatic hydroxyl groups is 1. The predicted octanol–water partition coefficient (Wildman–Crippen LogP) is 8.14. The number of likely N-dealkylation sites (tertiary alicyclic amines) is 4. The van der Waals surface area contributed by atoms with E-state index in [-0.39, 0.29) is 114 Å². The maximum Gasteiger partial charge on any atom is 0.319 e. The number of fused-ring (bicyclic) bond motifs is 4. The van der Waals surface area contributed by atoms with Crippen LogP contribution >= 0.6 is 11.3 Å². The molecule has 6 aliphatic heterocycles. The Morgan fingerprint density at radius 1 is 0.874 bits per heavy atom. The largest absolute Gasteiger partial charge is 0.508 e. The highest BCUT2D eigenvalue weighted by atomic mass is 32.1. The molecule has 6 atom stereocenters. The number of thiazole rings is 1. The summed E-state index contributed by atoms with van der Waals surface area (Å²) in [5.74, 6) is -0.727. The average Bonchev–Trinajstić information content (AvgIpc) is 1.57. The van der Waals surface area contributed by atoms with Gasteiger partial charge in [-0.1, -0.05) is 57.0 Å². The third-order valence-corrected chi connectivity index (χ3v) is 22.1. The molecule has 502 valence electrons. The molecule has 7 fully saturated rings. The minimum Gasteiger partial charge on any atom is -0.508 e. The van der Waals surface area contributed by atoms with Gasteiger partial charge in [0, 0.05) is 93.9 Å². The normalized spacial score (nSPS) is 22.6. The Bertz CT molecular complexity index is 3970. The molecule has 95 heavy (non-hydrogen) atoms. The number of piperidine rings is 3. The lowest BCUT2D eigenvalue weighted by atomic mass is 9.71. The number of aromatic nitrogens is 4. The number of carbonyl (C=O) groups is 5. The number of rotatable bonds is 17. The van der Waals surface area contributed by atoms with Crippen LogP contribution in [0.25, 0.3) is 43.4 Å². The molecule has 6 aromatic rings. The molecule has 1 spiro atoms. The summed E-state index contributed by atoms with van der Waals surface area (Å²) in [7, 11) is 0. The van der Waals surface area contributed by atoms with Crippen LogP contribution < -0.4 is 25.6 Å². The van der Waals surface area contributed by atoms with Crippen LogP contribution in [0.4, 0.5) is 19.0 Å². The van der Waals surface area contributed by atoms with Crippen molar-refractivity contribution in [3.63, 3.8) is 0 Å². The number of halogens is 3. The van der Waals surface area contributed by atoms with Gasteiger partial charge in [-0.25, -0.2) is 18.2 Å². The van der Waals surface area contributed by atoms with Gasteiger partial charge >= 0.3 is 6.01 Å². The van der Waals surface area contributed by atoms with Gasteiger partial charge in [0.1, 0.15) is 40.7 Å². The number of aryl methyl sites for hydroxylation is 1. The van der Waals surface area contributed by atoms with E-state index in [4.69, 9.17) is 16.1 Å². The second-order valence-electron chi connectivity index (χ2n) is 28.5. The molecule has 7 aliphatic rings. The van der Waals surface area contributed by atoms with Crippen molar-refractivity contribution in [1.82, 2.24) is 55.5 Å². The smallest absolute Gasteiger partial charge is 0.319 e. The second-order valence-corrected chi connectivity index (χ2v) is 29.4.